The van der Waals surface area contributed by atoms with E-state index in [0.717, 1.165) is 11.1 Å². The van der Waals surface area contributed by atoms with Gasteiger partial charge >= 0.3 is 0 Å². The first-order valence-corrected chi connectivity index (χ1v) is 7.30. The molecule has 0 spiro atoms. The summed E-state index contributed by atoms with van der Waals surface area (Å²) in [6.07, 6.45) is 0. The summed E-state index contributed by atoms with van der Waals surface area (Å²) in [4.78, 5) is 23.1. The van der Waals surface area contributed by atoms with Crippen LogP contribution in [-0.4, -0.2) is 23.5 Å². The Balaban J connectivity index is 2.36. The molecule has 0 atom stereocenters. The maximum absolute atomic E-state index is 11.7. The SMILES string of the molecule is Cc1cccc(OCC(=O)NNC(=S)NC(=O)C(C)C)c1C. The molecule has 120 valence electrons. The third-order valence-corrected chi connectivity index (χ3v) is 3.19. The first-order chi connectivity index (χ1) is 10.3. The monoisotopic (exact) mass is 323 g/mol. The Morgan fingerprint density at radius 3 is 2.55 bits per heavy atom. The lowest BCUT2D eigenvalue weighted by atomic mass is 10.1. The fraction of sp³-hybridized carbons (Fsp3) is 0.400. The second-order valence-corrected chi connectivity index (χ2v) is 5.54. The highest BCUT2D eigenvalue weighted by atomic mass is 32.1. The molecule has 1 aromatic carbocycles. The number of rotatable bonds is 4. The van der Waals surface area contributed by atoms with Gasteiger partial charge in [-0.3, -0.25) is 20.4 Å². The molecule has 22 heavy (non-hydrogen) atoms. The summed E-state index contributed by atoms with van der Waals surface area (Å²) in [5.74, 6) is -0.158. The third kappa shape index (κ3) is 5.69. The summed E-state index contributed by atoms with van der Waals surface area (Å²) < 4.78 is 5.45. The topological polar surface area (TPSA) is 79.5 Å². The molecule has 1 aromatic rings. The molecule has 0 saturated heterocycles. The lowest BCUT2D eigenvalue weighted by Gasteiger charge is -2.13. The van der Waals surface area contributed by atoms with Crippen LogP contribution in [-0.2, 0) is 9.59 Å². The van der Waals surface area contributed by atoms with E-state index in [4.69, 9.17) is 17.0 Å². The predicted octanol–water partition coefficient (Wildman–Crippen LogP) is 1.36. The number of benzene rings is 1. The van der Waals surface area contributed by atoms with Gasteiger partial charge in [0, 0.05) is 5.92 Å². The number of carbonyl (C=O) groups excluding carboxylic acids is 2. The molecule has 0 aromatic heterocycles. The van der Waals surface area contributed by atoms with Gasteiger partial charge in [-0.2, -0.15) is 0 Å². The molecule has 6 nitrogen and oxygen atoms in total. The largest absolute Gasteiger partial charge is 0.483 e. The van der Waals surface area contributed by atoms with Crippen molar-refractivity contribution in [1.82, 2.24) is 16.2 Å². The number of hydrazine groups is 1. The highest BCUT2D eigenvalue weighted by Gasteiger charge is 2.10. The minimum atomic E-state index is -0.401. The highest BCUT2D eigenvalue weighted by molar-refractivity contribution is 7.80. The second-order valence-electron chi connectivity index (χ2n) is 5.13. The van der Waals surface area contributed by atoms with Gasteiger partial charge in [-0.1, -0.05) is 26.0 Å². The Morgan fingerprint density at radius 1 is 1.23 bits per heavy atom. The second kappa shape index (κ2) is 8.33. The van der Waals surface area contributed by atoms with Crippen molar-refractivity contribution in [2.75, 3.05) is 6.61 Å². The highest BCUT2D eigenvalue weighted by Crippen LogP contribution is 2.20. The van der Waals surface area contributed by atoms with Crippen LogP contribution in [0.15, 0.2) is 18.2 Å². The molecule has 0 aliphatic heterocycles. The zero-order chi connectivity index (χ0) is 16.7. The molecule has 0 saturated carbocycles. The Morgan fingerprint density at radius 2 is 1.91 bits per heavy atom. The number of hydrogen-bond acceptors (Lipinski definition) is 4. The standard InChI is InChI=1S/C15H21N3O3S/c1-9(2)14(20)16-15(22)18-17-13(19)8-21-12-7-5-6-10(3)11(12)4/h5-7,9H,8H2,1-4H3,(H,17,19)(H2,16,18,20,22). The van der Waals surface area contributed by atoms with Crippen molar-refractivity contribution in [3.63, 3.8) is 0 Å². The molecular weight excluding hydrogens is 302 g/mol. The molecular formula is C15H21N3O3S. The van der Waals surface area contributed by atoms with Crippen molar-refractivity contribution in [2.45, 2.75) is 27.7 Å². The molecule has 2 amide bonds. The van der Waals surface area contributed by atoms with Crippen molar-refractivity contribution in [3.05, 3.63) is 29.3 Å². The van der Waals surface area contributed by atoms with Crippen LogP contribution < -0.4 is 20.9 Å². The molecule has 0 bridgehead atoms. The van der Waals surface area contributed by atoms with Gasteiger partial charge in [0.2, 0.25) is 5.91 Å². The van der Waals surface area contributed by atoms with Gasteiger partial charge < -0.3 is 10.1 Å². The predicted molar refractivity (Wildman–Crippen MR) is 88.3 cm³/mol. The summed E-state index contributed by atoms with van der Waals surface area (Å²) in [6, 6.07) is 5.64. The van der Waals surface area contributed by atoms with Gasteiger partial charge in [-0.25, -0.2) is 0 Å². The number of hydrogen-bond donors (Lipinski definition) is 3. The molecule has 1 rings (SSSR count). The quantitative estimate of drug-likeness (QED) is 0.576. The van der Waals surface area contributed by atoms with E-state index in [2.05, 4.69) is 16.2 Å². The van der Waals surface area contributed by atoms with Crippen LogP contribution in [0, 0.1) is 19.8 Å². The summed E-state index contributed by atoms with van der Waals surface area (Å²) in [5, 5.41) is 2.49. The summed E-state index contributed by atoms with van der Waals surface area (Å²) in [6.45, 7) is 7.23. The zero-order valence-electron chi connectivity index (χ0n) is 13.1. The number of thiocarbonyl (C=S) groups is 1. The van der Waals surface area contributed by atoms with Crippen LogP contribution in [0.25, 0.3) is 0 Å². The minimum absolute atomic E-state index is 0.0405. The Kier molecular flexibility index (Phi) is 6.78. The van der Waals surface area contributed by atoms with Crippen molar-refractivity contribution in [1.29, 1.82) is 0 Å². The van der Waals surface area contributed by atoms with Gasteiger partial charge in [0.15, 0.2) is 11.7 Å². The number of aryl methyl sites for hydroxylation is 1. The summed E-state index contributed by atoms with van der Waals surface area (Å²) in [7, 11) is 0. The van der Waals surface area contributed by atoms with Gasteiger partial charge in [-0.15, -0.1) is 0 Å². The first kappa shape index (κ1) is 17.9. The average molecular weight is 323 g/mol. The molecule has 0 aliphatic rings. The molecule has 7 heteroatoms. The van der Waals surface area contributed by atoms with E-state index in [1.54, 1.807) is 19.9 Å². The number of ether oxygens (including phenoxy) is 1. The third-order valence-electron chi connectivity index (χ3n) is 2.99. The van der Waals surface area contributed by atoms with E-state index in [0.29, 0.717) is 5.75 Å². The van der Waals surface area contributed by atoms with E-state index >= 15 is 0 Å². The fourth-order valence-corrected chi connectivity index (χ4v) is 1.63. The van der Waals surface area contributed by atoms with Crippen LogP contribution in [0.5, 0.6) is 5.75 Å². The molecule has 0 unspecified atom stereocenters. The molecule has 0 aliphatic carbocycles. The number of amides is 2. The van der Waals surface area contributed by atoms with E-state index in [1.165, 1.54) is 0 Å². The van der Waals surface area contributed by atoms with Crippen LogP contribution >= 0.6 is 12.2 Å². The fourth-order valence-electron chi connectivity index (χ4n) is 1.47. The van der Waals surface area contributed by atoms with Gasteiger partial charge in [-0.05, 0) is 43.3 Å². The van der Waals surface area contributed by atoms with E-state index in [9.17, 15) is 9.59 Å². The van der Waals surface area contributed by atoms with E-state index in [1.807, 2.05) is 26.0 Å². The summed E-state index contributed by atoms with van der Waals surface area (Å²) >= 11 is 4.88. The maximum atomic E-state index is 11.7. The maximum Gasteiger partial charge on any atom is 0.276 e. The summed E-state index contributed by atoms with van der Waals surface area (Å²) in [5.41, 5.74) is 6.89. The smallest absolute Gasteiger partial charge is 0.276 e. The average Bonchev–Trinajstić information content (AvgIpc) is 2.46. The van der Waals surface area contributed by atoms with Crippen molar-refractivity contribution < 1.29 is 14.3 Å². The molecule has 0 fully saturated rings. The molecule has 0 radical (unpaired) electrons. The Bertz CT molecular complexity index is 573. The van der Waals surface area contributed by atoms with Crippen LogP contribution in [0.1, 0.15) is 25.0 Å². The van der Waals surface area contributed by atoms with Crippen molar-refractivity contribution in [3.8, 4) is 5.75 Å². The first-order valence-electron chi connectivity index (χ1n) is 6.90. The number of nitrogens with one attached hydrogen (secondary N) is 3. The van der Waals surface area contributed by atoms with Gasteiger partial charge in [0.1, 0.15) is 5.75 Å². The van der Waals surface area contributed by atoms with Crippen LogP contribution in [0.3, 0.4) is 0 Å². The van der Waals surface area contributed by atoms with Crippen molar-refractivity contribution >= 4 is 29.1 Å². The van der Waals surface area contributed by atoms with Crippen molar-refractivity contribution in [2.24, 2.45) is 5.92 Å². The lowest BCUT2D eigenvalue weighted by molar-refractivity contribution is -0.124. The molecule has 3 N–H and O–H groups in total. The van der Waals surface area contributed by atoms with E-state index in [-0.39, 0.29) is 23.5 Å². The minimum Gasteiger partial charge on any atom is -0.483 e. The molecule has 0 heterocycles. The normalized spacial score (nSPS) is 10.0. The lowest BCUT2D eigenvalue weighted by Crippen LogP contribution is -2.50. The van der Waals surface area contributed by atoms with Gasteiger partial charge in [0.05, 0.1) is 0 Å². The van der Waals surface area contributed by atoms with E-state index < -0.39 is 5.91 Å². The Labute approximate surface area is 135 Å². The van der Waals surface area contributed by atoms with Crippen LogP contribution in [0.4, 0.5) is 0 Å². The zero-order valence-corrected chi connectivity index (χ0v) is 14.0. The number of carbonyl (C=O) groups is 2. The van der Waals surface area contributed by atoms with Crippen LogP contribution in [0.2, 0.25) is 0 Å². The van der Waals surface area contributed by atoms with Gasteiger partial charge in [0.25, 0.3) is 5.91 Å². The Hall–Kier alpha value is -2.15.